The lowest BCUT2D eigenvalue weighted by Gasteiger charge is -2.22. The fourth-order valence-corrected chi connectivity index (χ4v) is 2.94. The van der Waals surface area contributed by atoms with Crippen molar-refractivity contribution in [1.82, 2.24) is 9.78 Å². The smallest absolute Gasteiger partial charge is 0.333 e. The monoisotopic (exact) mass is 296 g/mol. The Balaban J connectivity index is 2.29. The number of hydrogen-bond acceptors (Lipinski definition) is 5. The third kappa shape index (κ3) is 3.53. The molecule has 1 aromatic rings. The molecule has 1 aliphatic rings. The Hall–Kier alpha value is -1.63. The van der Waals surface area contributed by atoms with Crippen LogP contribution in [-0.2, 0) is 6.54 Å². The fraction of sp³-hybridized carbons (Fsp3) is 0.786. The zero-order valence-electron chi connectivity index (χ0n) is 12.7. The van der Waals surface area contributed by atoms with Crippen LogP contribution in [0.25, 0.3) is 0 Å². The number of aryl methyl sites for hydroxylation is 2. The van der Waals surface area contributed by atoms with Gasteiger partial charge in [-0.15, -0.1) is 0 Å². The molecule has 118 valence electrons. The van der Waals surface area contributed by atoms with Crippen molar-refractivity contribution in [2.24, 2.45) is 0 Å². The predicted octanol–water partition coefficient (Wildman–Crippen LogP) is 2.62. The van der Waals surface area contributed by atoms with Crippen LogP contribution in [0.1, 0.15) is 51.1 Å². The van der Waals surface area contributed by atoms with Gasteiger partial charge >= 0.3 is 5.69 Å². The topological polar surface area (TPSA) is 93.2 Å². The molecule has 0 bridgehead atoms. The van der Waals surface area contributed by atoms with Gasteiger partial charge in [0.05, 0.1) is 17.1 Å². The Morgan fingerprint density at radius 3 is 2.81 bits per heavy atom. The Bertz CT molecular complexity index is 501. The minimum atomic E-state index is -0.461. The molecule has 1 aromatic heterocycles. The van der Waals surface area contributed by atoms with Crippen LogP contribution in [0.2, 0.25) is 0 Å². The molecule has 2 atom stereocenters. The molecular formula is C14H24N4O3. The van der Waals surface area contributed by atoms with Crippen LogP contribution in [0, 0.1) is 17.0 Å². The molecule has 0 aliphatic heterocycles. The second-order valence-electron chi connectivity index (χ2n) is 5.72. The van der Waals surface area contributed by atoms with Crippen LogP contribution in [0.3, 0.4) is 0 Å². The van der Waals surface area contributed by atoms with Gasteiger partial charge in [-0.2, -0.15) is 5.10 Å². The highest BCUT2D eigenvalue weighted by molar-refractivity contribution is 5.60. The van der Waals surface area contributed by atoms with E-state index in [2.05, 4.69) is 10.4 Å². The van der Waals surface area contributed by atoms with E-state index in [1.165, 1.54) is 0 Å². The van der Waals surface area contributed by atoms with E-state index in [1.807, 2.05) is 6.92 Å². The van der Waals surface area contributed by atoms with Gasteiger partial charge in [0.15, 0.2) is 0 Å². The molecule has 2 unspecified atom stereocenters. The van der Waals surface area contributed by atoms with Crippen molar-refractivity contribution in [2.75, 3.05) is 5.32 Å². The van der Waals surface area contributed by atoms with Crippen LogP contribution in [0.5, 0.6) is 0 Å². The number of aromatic nitrogens is 2. The predicted molar refractivity (Wildman–Crippen MR) is 80.4 cm³/mol. The third-order valence-electron chi connectivity index (χ3n) is 4.02. The number of anilines is 1. The van der Waals surface area contributed by atoms with Gasteiger partial charge in [-0.3, -0.25) is 10.1 Å². The molecule has 21 heavy (non-hydrogen) atoms. The summed E-state index contributed by atoms with van der Waals surface area (Å²) < 4.78 is 1.66. The van der Waals surface area contributed by atoms with Crippen molar-refractivity contribution >= 4 is 11.5 Å². The second-order valence-corrected chi connectivity index (χ2v) is 5.72. The van der Waals surface area contributed by atoms with Gasteiger partial charge in [-0.25, -0.2) is 4.68 Å². The van der Waals surface area contributed by atoms with Gasteiger partial charge in [0.1, 0.15) is 5.69 Å². The molecule has 0 radical (unpaired) electrons. The van der Waals surface area contributed by atoms with Crippen molar-refractivity contribution in [3.05, 3.63) is 15.8 Å². The maximum atomic E-state index is 11.3. The lowest BCUT2D eigenvalue weighted by molar-refractivity contribution is -0.384. The van der Waals surface area contributed by atoms with Crippen LogP contribution in [-0.4, -0.2) is 32.0 Å². The minimum absolute atomic E-state index is 0.0277. The van der Waals surface area contributed by atoms with E-state index >= 15 is 0 Å². The molecule has 1 heterocycles. The molecule has 7 heteroatoms. The highest BCUT2D eigenvalue weighted by Crippen LogP contribution is 2.31. The summed E-state index contributed by atoms with van der Waals surface area (Å²) in [6.07, 6.45) is 5.10. The molecule has 0 amide bonds. The number of nitro groups is 1. The Morgan fingerprint density at radius 1 is 1.43 bits per heavy atom. The summed E-state index contributed by atoms with van der Waals surface area (Å²) in [6.45, 7) is 4.28. The summed E-state index contributed by atoms with van der Waals surface area (Å²) in [4.78, 5) is 10.9. The maximum absolute atomic E-state index is 11.3. The summed E-state index contributed by atoms with van der Waals surface area (Å²) >= 11 is 0. The number of rotatable bonds is 5. The molecule has 1 aliphatic carbocycles. The van der Waals surface area contributed by atoms with Crippen LogP contribution < -0.4 is 5.32 Å². The normalized spacial score (nSPS) is 22.8. The van der Waals surface area contributed by atoms with Gasteiger partial charge in [-0.1, -0.05) is 26.2 Å². The molecule has 0 saturated heterocycles. The average molecular weight is 296 g/mol. The van der Waals surface area contributed by atoms with Gasteiger partial charge in [0, 0.05) is 6.54 Å². The number of hydrogen-bond donors (Lipinski definition) is 2. The van der Waals surface area contributed by atoms with Crippen LogP contribution >= 0.6 is 0 Å². The Kier molecular flexibility index (Phi) is 5.17. The molecule has 2 rings (SSSR count). The SMILES string of the molecule is CCCn1nc(C)c([N+](=O)[O-])c1NC1CCCCCC1O. The quantitative estimate of drug-likeness (QED) is 0.495. The van der Waals surface area contributed by atoms with Crippen LogP contribution in [0.15, 0.2) is 0 Å². The van der Waals surface area contributed by atoms with E-state index < -0.39 is 6.10 Å². The number of nitrogens with one attached hydrogen (secondary N) is 1. The molecule has 0 spiro atoms. The number of nitrogens with zero attached hydrogens (tertiary/aromatic N) is 3. The molecule has 7 nitrogen and oxygen atoms in total. The van der Waals surface area contributed by atoms with Crippen molar-refractivity contribution < 1.29 is 10.0 Å². The largest absolute Gasteiger partial charge is 0.391 e. The van der Waals surface area contributed by atoms with E-state index in [0.29, 0.717) is 18.1 Å². The van der Waals surface area contributed by atoms with Crippen molar-refractivity contribution in [3.8, 4) is 0 Å². The van der Waals surface area contributed by atoms with E-state index in [0.717, 1.165) is 38.5 Å². The summed E-state index contributed by atoms with van der Waals surface area (Å²) in [6, 6.07) is -0.141. The molecule has 1 fully saturated rings. The van der Waals surface area contributed by atoms with E-state index in [4.69, 9.17) is 0 Å². The first kappa shape index (κ1) is 15.8. The summed E-state index contributed by atoms with van der Waals surface area (Å²) in [5.74, 6) is 0.435. The Morgan fingerprint density at radius 2 is 2.14 bits per heavy atom. The molecular weight excluding hydrogens is 272 g/mol. The highest BCUT2D eigenvalue weighted by atomic mass is 16.6. The average Bonchev–Trinajstić information content (AvgIpc) is 2.58. The first-order chi connectivity index (χ1) is 10.0. The zero-order valence-corrected chi connectivity index (χ0v) is 12.7. The van der Waals surface area contributed by atoms with Crippen molar-refractivity contribution in [3.63, 3.8) is 0 Å². The van der Waals surface area contributed by atoms with Gasteiger partial charge in [-0.05, 0) is 26.2 Å². The van der Waals surface area contributed by atoms with E-state index in [9.17, 15) is 15.2 Å². The van der Waals surface area contributed by atoms with Crippen LogP contribution in [0.4, 0.5) is 11.5 Å². The highest BCUT2D eigenvalue weighted by Gasteiger charge is 2.29. The molecule has 1 saturated carbocycles. The molecule has 0 aromatic carbocycles. The summed E-state index contributed by atoms with van der Waals surface area (Å²) in [5, 5.41) is 29.0. The summed E-state index contributed by atoms with van der Waals surface area (Å²) in [5.41, 5.74) is 0.443. The minimum Gasteiger partial charge on any atom is -0.391 e. The second kappa shape index (κ2) is 6.89. The lowest BCUT2D eigenvalue weighted by atomic mass is 10.1. The van der Waals surface area contributed by atoms with E-state index in [-0.39, 0.29) is 16.7 Å². The van der Waals surface area contributed by atoms with Gasteiger partial charge in [0.2, 0.25) is 5.82 Å². The molecule has 2 N–H and O–H groups in total. The van der Waals surface area contributed by atoms with Crippen molar-refractivity contribution in [2.45, 2.75) is 71.1 Å². The summed E-state index contributed by atoms with van der Waals surface area (Å²) in [7, 11) is 0. The first-order valence-corrected chi connectivity index (χ1v) is 7.71. The Labute approximate surface area is 124 Å². The van der Waals surface area contributed by atoms with Gasteiger partial charge in [0.25, 0.3) is 0 Å². The number of aliphatic hydroxyl groups is 1. The van der Waals surface area contributed by atoms with Crippen molar-refractivity contribution in [1.29, 1.82) is 0 Å². The lowest BCUT2D eigenvalue weighted by Crippen LogP contribution is -2.33. The fourth-order valence-electron chi connectivity index (χ4n) is 2.94. The number of aliphatic hydroxyl groups excluding tert-OH is 1. The van der Waals surface area contributed by atoms with Gasteiger partial charge < -0.3 is 10.4 Å². The maximum Gasteiger partial charge on any atom is 0.333 e. The standard InChI is InChI=1S/C14H24N4O3/c1-3-9-17-14(13(18(20)21)10(2)16-17)15-11-7-5-4-6-8-12(11)19/h11-12,15,19H,3-9H2,1-2H3. The van der Waals surface area contributed by atoms with E-state index in [1.54, 1.807) is 11.6 Å². The third-order valence-corrected chi connectivity index (χ3v) is 4.02. The first-order valence-electron chi connectivity index (χ1n) is 7.71. The zero-order chi connectivity index (χ0) is 15.4.